The molecule has 1 aromatic rings. The molecule has 26 heavy (non-hydrogen) atoms. The molecule has 2 rings (SSSR count). The van der Waals surface area contributed by atoms with Crippen molar-refractivity contribution in [3.63, 3.8) is 0 Å². The zero-order chi connectivity index (χ0) is 19.5. The fourth-order valence-electron chi connectivity index (χ4n) is 2.72. The van der Waals surface area contributed by atoms with Gasteiger partial charge in [0.2, 0.25) is 5.91 Å². The molecule has 0 spiro atoms. The molecule has 8 nitrogen and oxygen atoms in total. The van der Waals surface area contributed by atoms with Gasteiger partial charge in [0.1, 0.15) is 6.04 Å². The van der Waals surface area contributed by atoms with Crippen molar-refractivity contribution in [1.82, 2.24) is 15.6 Å². The third-order valence-corrected chi connectivity index (χ3v) is 6.91. The Morgan fingerprint density at radius 3 is 2.50 bits per heavy atom. The standard InChI is InChI=1S/C16H26N4O4S2/c1-9(2)7-13(14(21)20-16-17-10(3)11(4)25-16)19-15(22)18-12-5-6-26(23,24)8-12/h9,12-13H,5-8H2,1-4H3,(H,17,20,21)(H2,18,19,22)/t12?,13-/m1/s1. The van der Waals surface area contributed by atoms with E-state index in [9.17, 15) is 18.0 Å². The number of nitrogens with one attached hydrogen (secondary N) is 3. The fraction of sp³-hybridized carbons (Fsp3) is 0.688. The first kappa shape index (κ1) is 20.6. The summed E-state index contributed by atoms with van der Waals surface area (Å²) >= 11 is 1.39. The first-order valence-corrected chi connectivity index (χ1v) is 11.2. The monoisotopic (exact) mass is 402 g/mol. The number of carbonyl (C=O) groups excluding carboxylic acids is 2. The lowest BCUT2D eigenvalue weighted by atomic mass is 10.0. The maximum atomic E-state index is 12.6. The van der Waals surface area contributed by atoms with Crippen molar-refractivity contribution in [2.75, 3.05) is 16.8 Å². The molecular formula is C16H26N4O4S2. The number of aromatic nitrogens is 1. The number of thiazole rings is 1. The molecule has 1 fully saturated rings. The van der Waals surface area contributed by atoms with E-state index in [-0.39, 0.29) is 23.3 Å². The summed E-state index contributed by atoms with van der Waals surface area (Å²) in [6.45, 7) is 7.71. The van der Waals surface area contributed by atoms with Crippen LogP contribution in [0.15, 0.2) is 0 Å². The lowest BCUT2D eigenvalue weighted by Gasteiger charge is -2.21. The molecule has 1 saturated heterocycles. The number of anilines is 1. The molecule has 1 unspecified atom stereocenters. The van der Waals surface area contributed by atoms with Gasteiger partial charge in [-0.25, -0.2) is 18.2 Å². The van der Waals surface area contributed by atoms with Crippen LogP contribution in [0.3, 0.4) is 0 Å². The van der Waals surface area contributed by atoms with Gasteiger partial charge in [-0.3, -0.25) is 4.79 Å². The number of nitrogens with zero attached hydrogens (tertiary/aromatic N) is 1. The van der Waals surface area contributed by atoms with Crippen molar-refractivity contribution in [1.29, 1.82) is 0 Å². The van der Waals surface area contributed by atoms with Crippen molar-refractivity contribution in [3.8, 4) is 0 Å². The van der Waals surface area contributed by atoms with Gasteiger partial charge in [0.15, 0.2) is 15.0 Å². The predicted molar refractivity (Wildman–Crippen MR) is 102 cm³/mol. The van der Waals surface area contributed by atoms with E-state index in [4.69, 9.17) is 0 Å². The smallest absolute Gasteiger partial charge is 0.315 e. The zero-order valence-electron chi connectivity index (χ0n) is 15.5. The minimum atomic E-state index is -3.08. The Labute approximate surface area is 158 Å². The number of urea groups is 1. The Morgan fingerprint density at radius 2 is 2.00 bits per heavy atom. The molecule has 0 saturated carbocycles. The van der Waals surface area contributed by atoms with Crippen LogP contribution >= 0.6 is 11.3 Å². The second kappa shape index (κ2) is 8.34. The third-order valence-electron chi connectivity index (χ3n) is 4.16. The molecule has 2 heterocycles. The Kier molecular flexibility index (Phi) is 6.62. The van der Waals surface area contributed by atoms with E-state index < -0.39 is 28.0 Å². The molecule has 1 aliphatic rings. The highest BCUT2D eigenvalue weighted by Crippen LogP contribution is 2.21. The summed E-state index contributed by atoms with van der Waals surface area (Å²) in [5.41, 5.74) is 0.860. The van der Waals surface area contributed by atoms with Gasteiger partial charge in [0, 0.05) is 10.9 Å². The van der Waals surface area contributed by atoms with E-state index >= 15 is 0 Å². The quantitative estimate of drug-likeness (QED) is 0.668. The van der Waals surface area contributed by atoms with Crippen molar-refractivity contribution >= 4 is 38.2 Å². The number of carbonyl (C=O) groups is 2. The second-order valence-electron chi connectivity index (χ2n) is 7.05. The Morgan fingerprint density at radius 1 is 1.31 bits per heavy atom. The van der Waals surface area contributed by atoms with Crippen LogP contribution < -0.4 is 16.0 Å². The fourth-order valence-corrected chi connectivity index (χ4v) is 5.21. The molecule has 0 bridgehead atoms. The van der Waals surface area contributed by atoms with Gasteiger partial charge in [-0.1, -0.05) is 13.8 Å². The number of hydrogen-bond acceptors (Lipinski definition) is 6. The highest BCUT2D eigenvalue weighted by Gasteiger charge is 2.30. The van der Waals surface area contributed by atoms with Crippen LogP contribution in [0.4, 0.5) is 9.93 Å². The second-order valence-corrected chi connectivity index (χ2v) is 10.5. The van der Waals surface area contributed by atoms with E-state index in [1.54, 1.807) is 0 Å². The van der Waals surface area contributed by atoms with Crippen LogP contribution in [0.1, 0.15) is 37.3 Å². The van der Waals surface area contributed by atoms with Crippen LogP contribution in [0.2, 0.25) is 0 Å². The average molecular weight is 403 g/mol. The van der Waals surface area contributed by atoms with E-state index in [1.165, 1.54) is 11.3 Å². The number of hydrogen-bond donors (Lipinski definition) is 3. The van der Waals surface area contributed by atoms with Crippen LogP contribution in [-0.4, -0.2) is 48.9 Å². The van der Waals surface area contributed by atoms with Crippen LogP contribution in [0.5, 0.6) is 0 Å². The molecule has 1 aliphatic heterocycles. The molecule has 0 aliphatic carbocycles. The molecule has 10 heteroatoms. The van der Waals surface area contributed by atoms with Crippen LogP contribution in [-0.2, 0) is 14.6 Å². The van der Waals surface area contributed by atoms with Crippen molar-refractivity contribution in [2.45, 2.75) is 52.6 Å². The van der Waals surface area contributed by atoms with Gasteiger partial charge < -0.3 is 16.0 Å². The summed E-state index contributed by atoms with van der Waals surface area (Å²) in [7, 11) is -3.08. The zero-order valence-corrected chi connectivity index (χ0v) is 17.1. The summed E-state index contributed by atoms with van der Waals surface area (Å²) in [4.78, 5) is 30.1. The minimum Gasteiger partial charge on any atom is -0.334 e. The van der Waals surface area contributed by atoms with Gasteiger partial charge in [-0.05, 0) is 32.6 Å². The molecule has 2 atom stereocenters. The number of amides is 3. The number of sulfone groups is 1. The highest BCUT2D eigenvalue weighted by atomic mass is 32.2. The summed E-state index contributed by atoms with van der Waals surface area (Å²) in [6.07, 6.45) is 0.861. The largest absolute Gasteiger partial charge is 0.334 e. The normalized spacial score (nSPS) is 20.0. The van der Waals surface area contributed by atoms with Gasteiger partial charge in [-0.15, -0.1) is 11.3 Å². The van der Waals surface area contributed by atoms with Crippen molar-refractivity contribution < 1.29 is 18.0 Å². The van der Waals surface area contributed by atoms with Gasteiger partial charge >= 0.3 is 6.03 Å². The third kappa shape index (κ3) is 5.94. The maximum Gasteiger partial charge on any atom is 0.315 e. The van der Waals surface area contributed by atoms with E-state index in [1.807, 2.05) is 27.7 Å². The van der Waals surface area contributed by atoms with E-state index in [2.05, 4.69) is 20.9 Å². The van der Waals surface area contributed by atoms with Gasteiger partial charge in [-0.2, -0.15) is 0 Å². The van der Waals surface area contributed by atoms with Crippen LogP contribution in [0.25, 0.3) is 0 Å². The van der Waals surface area contributed by atoms with Gasteiger partial charge in [0.25, 0.3) is 0 Å². The summed E-state index contributed by atoms with van der Waals surface area (Å²) in [5, 5.41) is 8.57. The lowest BCUT2D eigenvalue weighted by Crippen LogP contribution is -2.51. The SMILES string of the molecule is Cc1nc(NC(=O)[C@@H](CC(C)C)NC(=O)NC2CCS(=O)(=O)C2)sc1C. The number of rotatable bonds is 6. The van der Waals surface area contributed by atoms with Crippen molar-refractivity contribution in [2.24, 2.45) is 5.92 Å². The molecule has 3 amide bonds. The molecule has 146 valence electrons. The highest BCUT2D eigenvalue weighted by molar-refractivity contribution is 7.91. The Hall–Kier alpha value is -1.68. The topological polar surface area (TPSA) is 117 Å². The molecule has 0 aromatic carbocycles. The number of aryl methyl sites for hydroxylation is 2. The lowest BCUT2D eigenvalue weighted by molar-refractivity contribution is -0.118. The maximum absolute atomic E-state index is 12.6. The van der Waals surface area contributed by atoms with E-state index in [0.717, 1.165) is 10.6 Å². The summed E-state index contributed by atoms with van der Waals surface area (Å²) < 4.78 is 23.0. The van der Waals surface area contributed by atoms with Crippen molar-refractivity contribution in [3.05, 3.63) is 10.6 Å². The summed E-state index contributed by atoms with van der Waals surface area (Å²) in [6, 6.07) is -1.66. The molecular weight excluding hydrogens is 376 g/mol. The van der Waals surface area contributed by atoms with Gasteiger partial charge in [0.05, 0.1) is 17.2 Å². The van der Waals surface area contributed by atoms with E-state index in [0.29, 0.717) is 18.0 Å². The first-order chi connectivity index (χ1) is 12.1. The summed E-state index contributed by atoms with van der Waals surface area (Å²) in [5.74, 6) is -0.116. The molecule has 3 N–H and O–H groups in total. The minimum absolute atomic E-state index is 0.0564. The predicted octanol–water partition coefficient (Wildman–Crippen LogP) is 1.60. The van der Waals surface area contributed by atoms with Crippen LogP contribution in [0, 0.1) is 19.8 Å². The Balaban J connectivity index is 1.97. The first-order valence-electron chi connectivity index (χ1n) is 8.58. The Bertz CT molecular complexity index is 754. The molecule has 1 aromatic heterocycles. The molecule has 0 radical (unpaired) electrons. The average Bonchev–Trinajstić information content (AvgIpc) is 2.99.